The lowest BCUT2D eigenvalue weighted by Crippen LogP contribution is -2.31. The highest BCUT2D eigenvalue weighted by molar-refractivity contribution is 7.22. The number of para-hydroxylation sites is 1. The molecule has 224 valence electrons. The topological polar surface area (TPSA) is 102 Å². The molecule has 1 aliphatic heterocycles. The summed E-state index contributed by atoms with van der Waals surface area (Å²) in [6.07, 6.45) is 0. The molecule has 0 unspecified atom stereocenters. The summed E-state index contributed by atoms with van der Waals surface area (Å²) in [5, 5.41) is 12.4. The number of amides is 1. The van der Waals surface area contributed by atoms with Crippen molar-refractivity contribution >= 4 is 49.3 Å². The van der Waals surface area contributed by atoms with Crippen molar-refractivity contribution < 1.29 is 28.6 Å². The largest absolute Gasteiger partial charge is 0.503 e. The molecular formula is C36H28N2O6S. The molecule has 0 fully saturated rings. The van der Waals surface area contributed by atoms with E-state index in [0.29, 0.717) is 34.4 Å². The Morgan fingerprint density at radius 2 is 1.76 bits per heavy atom. The number of anilines is 1. The lowest BCUT2D eigenvalue weighted by atomic mass is 9.95. The van der Waals surface area contributed by atoms with Crippen LogP contribution < -0.4 is 14.4 Å². The standard InChI is InChI=1S/C36H28N2O6S/c1-20-15-21(2)31-29(16-20)45-36(37-31)38-32(24-13-14-26(27(18-24)42-3)43-19-22-9-5-4-6-10-22)30(34(40)35(38)41)33(39)28-17-23-11-7-8-12-25(23)44-28/h4-18,32,40H,19H2,1-3H3/t32-/m0/s1. The maximum absolute atomic E-state index is 14.1. The first-order chi connectivity index (χ1) is 21.8. The van der Waals surface area contributed by atoms with Crippen molar-refractivity contribution in [2.75, 3.05) is 12.0 Å². The number of Topliss-reactive ketones (excluding diaryl/α,β-unsaturated/α-hetero) is 1. The van der Waals surface area contributed by atoms with E-state index in [0.717, 1.165) is 32.3 Å². The Morgan fingerprint density at radius 3 is 2.53 bits per heavy atom. The summed E-state index contributed by atoms with van der Waals surface area (Å²) < 4.78 is 18.5. The number of aryl methyl sites for hydroxylation is 2. The predicted octanol–water partition coefficient (Wildman–Crippen LogP) is 8.03. The molecule has 3 heterocycles. The molecule has 1 aliphatic rings. The van der Waals surface area contributed by atoms with Crippen LogP contribution in [0.3, 0.4) is 0 Å². The van der Waals surface area contributed by atoms with E-state index in [1.807, 2.05) is 74.5 Å². The Bertz CT molecular complexity index is 2110. The molecular weight excluding hydrogens is 588 g/mol. The summed E-state index contributed by atoms with van der Waals surface area (Å²) in [6.45, 7) is 4.29. The summed E-state index contributed by atoms with van der Waals surface area (Å²) >= 11 is 1.32. The third kappa shape index (κ3) is 5.01. The highest BCUT2D eigenvalue weighted by atomic mass is 32.1. The fourth-order valence-electron chi connectivity index (χ4n) is 5.75. The van der Waals surface area contributed by atoms with Crippen LogP contribution in [0.2, 0.25) is 0 Å². The number of aliphatic hydroxyl groups excluding tert-OH is 1. The number of nitrogens with zero attached hydrogens (tertiary/aromatic N) is 2. The number of carbonyl (C=O) groups is 2. The van der Waals surface area contributed by atoms with Crippen molar-refractivity contribution in [3.63, 3.8) is 0 Å². The van der Waals surface area contributed by atoms with Crippen LogP contribution in [0.25, 0.3) is 21.2 Å². The minimum atomic E-state index is -1.02. The van der Waals surface area contributed by atoms with E-state index in [1.54, 1.807) is 30.3 Å². The van der Waals surface area contributed by atoms with Gasteiger partial charge in [0.05, 0.1) is 28.9 Å². The van der Waals surface area contributed by atoms with Gasteiger partial charge in [0.2, 0.25) is 5.78 Å². The second-order valence-electron chi connectivity index (χ2n) is 10.9. The number of carbonyl (C=O) groups excluding carboxylic acids is 2. The van der Waals surface area contributed by atoms with Crippen molar-refractivity contribution in [2.24, 2.45) is 0 Å². The smallest absolute Gasteiger partial charge is 0.296 e. The first-order valence-corrected chi connectivity index (χ1v) is 15.2. The third-order valence-corrected chi connectivity index (χ3v) is 8.87. The van der Waals surface area contributed by atoms with Crippen molar-refractivity contribution in [3.8, 4) is 11.5 Å². The molecule has 0 radical (unpaired) electrons. The van der Waals surface area contributed by atoms with Crippen LogP contribution in [0.1, 0.15) is 38.9 Å². The molecule has 0 aliphatic carbocycles. The Labute approximate surface area is 262 Å². The molecule has 1 amide bonds. The number of rotatable bonds is 8. The average molecular weight is 617 g/mol. The van der Waals surface area contributed by atoms with Gasteiger partial charge in [-0.2, -0.15) is 0 Å². The number of thiazole rings is 1. The molecule has 0 saturated heterocycles. The molecule has 8 nitrogen and oxygen atoms in total. The minimum absolute atomic E-state index is 0.0166. The van der Waals surface area contributed by atoms with Crippen LogP contribution in [0.5, 0.6) is 11.5 Å². The molecule has 2 aromatic heterocycles. The van der Waals surface area contributed by atoms with Crippen molar-refractivity contribution in [1.29, 1.82) is 0 Å². The van der Waals surface area contributed by atoms with Gasteiger partial charge in [-0.1, -0.05) is 72.0 Å². The minimum Gasteiger partial charge on any atom is -0.503 e. The summed E-state index contributed by atoms with van der Waals surface area (Å²) in [4.78, 5) is 34.2. The Balaban J connectivity index is 1.34. The number of aliphatic hydroxyl groups is 1. The number of furan rings is 1. The fourth-order valence-corrected chi connectivity index (χ4v) is 6.92. The number of benzene rings is 4. The molecule has 0 bridgehead atoms. The van der Waals surface area contributed by atoms with Crippen LogP contribution in [0.15, 0.2) is 107 Å². The van der Waals surface area contributed by atoms with E-state index in [9.17, 15) is 14.7 Å². The van der Waals surface area contributed by atoms with Gasteiger partial charge in [0, 0.05) is 5.39 Å². The maximum atomic E-state index is 14.1. The van der Waals surface area contributed by atoms with Crippen LogP contribution in [-0.4, -0.2) is 28.9 Å². The van der Waals surface area contributed by atoms with Crippen LogP contribution >= 0.6 is 11.3 Å². The summed E-state index contributed by atoms with van der Waals surface area (Å²) in [6, 6.07) is 26.9. The van der Waals surface area contributed by atoms with Gasteiger partial charge in [0.25, 0.3) is 5.91 Å². The summed E-state index contributed by atoms with van der Waals surface area (Å²) in [7, 11) is 1.53. The number of hydrogen-bond acceptors (Lipinski definition) is 8. The summed E-state index contributed by atoms with van der Waals surface area (Å²) in [5.74, 6) is -1.06. The first-order valence-electron chi connectivity index (χ1n) is 14.3. The van der Waals surface area contributed by atoms with Crippen molar-refractivity contribution in [2.45, 2.75) is 26.5 Å². The SMILES string of the molecule is COc1cc([C@H]2C(C(=O)c3cc4ccccc4o3)=C(O)C(=O)N2c2nc3c(C)cc(C)cc3s2)ccc1OCc1ccccc1. The average Bonchev–Trinajstić information content (AvgIpc) is 3.74. The van der Waals surface area contributed by atoms with Gasteiger partial charge in [0.15, 0.2) is 28.1 Å². The molecule has 0 saturated carbocycles. The third-order valence-electron chi connectivity index (χ3n) is 7.87. The van der Waals surface area contributed by atoms with Gasteiger partial charge < -0.3 is 19.0 Å². The van der Waals surface area contributed by atoms with Gasteiger partial charge in [-0.25, -0.2) is 4.98 Å². The highest BCUT2D eigenvalue weighted by Crippen LogP contribution is 2.46. The van der Waals surface area contributed by atoms with Crippen molar-refractivity contribution in [3.05, 3.63) is 130 Å². The maximum Gasteiger partial charge on any atom is 0.296 e. The molecule has 1 N–H and O–H groups in total. The van der Waals surface area contributed by atoms with Gasteiger partial charge in [-0.3, -0.25) is 14.5 Å². The van der Waals surface area contributed by atoms with E-state index in [2.05, 4.69) is 0 Å². The number of ketones is 1. The quantitative estimate of drug-likeness (QED) is 0.173. The molecule has 45 heavy (non-hydrogen) atoms. The molecule has 6 aromatic rings. The zero-order chi connectivity index (χ0) is 31.2. The lowest BCUT2D eigenvalue weighted by Gasteiger charge is -2.25. The van der Waals surface area contributed by atoms with Crippen LogP contribution in [-0.2, 0) is 11.4 Å². The second-order valence-corrected chi connectivity index (χ2v) is 11.9. The van der Waals surface area contributed by atoms with Gasteiger partial charge in [-0.15, -0.1) is 0 Å². The fraction of sp³-hybridized carbons (Fsp3) is 0.139. The second kappa shape index (κ2) is 11.3. The number of fused-ring (bicyclic) bond motifs is 2. The van der Waals surface area contributed by atoms with Crippen molar-refractivity contribution in [1.82, 2.24) is 4.98 Å². The Hall–Kier alpha value is -5.41. The van der Waals surface area contributed by atoms with E-state index in [4.69, 9.17) is 18.9 Å². The zero-order valence-corrected chi connectivity index (χ0v) is 25.6. The Kier molecular flexibility index (Phi) is 7.10. The number of methoxy groups -OCH3 is 1. The predicted molar refractivity (Wildman–Crippen MR) is 173 cm³/mol. The number of aromatic nitrogens is 1. The van der Waals surface area contributed by atoms with E-state index >= 15 is 0 Å². The lowest BCUT2D eigenvalue weighted by molar-refractivity contribution is -0.117. The molecule has 7 rings (SSSR count). The normalized spacial score (nSPS) is 15.0. The molecule has 1 atom stereocenters. The zero-order valence-electron chi connectivity index (χ0n) is 24.7. The van der Waals surface area contributed by atoms with Gasteiger partial charge in [0.1, 0.15) is 12.2 Å². The monoisotopic (exact) mass is 616 g/mol. The number of hydrogen-bond donors (Lipinski definition) is 1. The molecule has 9 heteroatoms. The molecule has 0 spiro atoms. The van der Waals surface area contributed by atoms with Crippen LogP contribution in [0, 0.1) is 13.8 Å². The Morgan fingerprint density at radius 1 is 0.978 bits per heavy atom. The molecule has 4 aromatic carbocycles. The van der Waals surface area contributed by atoms with E-state index in [-0.39, 0.29) is 11.3 Å². The van der Waals surface area contributed by atoms with E-state index < -0.39 is 23.5 Å². The summed E-state index contributed by atoms with van der Waals surface area (Å²) in [5.41, 5.74) is 4.73. The van der Waals surface area contributed by atoms with E-state index in [1.165, 1.54) is 23.3 Å². The highest BCUT2D eigenvalue weighted by Gasteiger charge is 2.47. The number of ether oxygens (including phenoxy) is 2. The van der Waals surface area contributed by atoms with Gasteiger partial charge in [-0.05, 0) is 66.4 Å². The first kappa shape index (κ1) is 28.4. The van der Waals surface area contributed by atoms with Crippen LogP contribution in [0.4, 0.5) is 5.13 Å². The van der Waals surface area contributed by atoms with Gasteiger partial charge >= 0.3 is 0 Å².